The molecule has 7 heteroatoms. The molecule has 5 nitrogen and oxygen atoms in total. The van der Waals surface area contributed by atoms with Crippen molar-refractivity contribution in [1.29, 1.82) is 0 Å². The molecule has 0 aromatic heterocycles. The van der Waals surface area contributed by atoms with Crippen LogP contribution in [0, 0.1) is 0 Å². The Bertz CT molecular complexity index is 475. The van der Waals surface area contributed by atoms with E-state index >= 15 is 0 Å². The largest absolute Gasteiger partial charge is 0.382 e. The molecule has 1 rings (SSSR count). The lowest BCUT2D eigenvalue weighted by Crippen LogP contribution is -2.38. The summed E-state index contributed by atoms with van der Waals surface area (Å²) in [5, 5.41) is 7.42. The van der Waals surface area contributed by atoms with E-state index < -0.39 is 0 Å². The molecular formula is C18H31ClIN3O2. The monoisotopic (exact) mass is 483 g/mol. The van der Waals surface area contributed by atoms with Gasteiger partial charge < -0.3 is 20.1 Å². The maximum absolute atomic E-state index is 6.17. The second-order valence-corrected chi connectivity index (χ2v) is 5.75. The van der Waals surface area contributed by atoms with Crippen molar-refractivity contribution in [1.82, 2.24) is 10.6 Å². The van der Waals surface area contributed by atoms with E-state index in [9.17, 15) is 0 Å². The van der Waals surface area contributed by atoms with Crippen molar-refractivity contribution in [2.24, 2.45) is 4.99 Å². The van der Waals surface area contributed by atoms with Crippen LogP contribution in [0.2, 0.25) is 5.02 Å². The molecule has 0 atom stereocenters. The van der Waals surface area contributed by atoms with Crippen LogP contribution in [-0.2, 0) is 15.9 Å². The first-order valence-electron chi connectivity index (χ1n) is 8.60. The van der Waals surface area contributed by atoms with Gasteiger partial charge in [0.25, 0.3) is 0 Å². The highest BCUT2D eigenvalue weighted by Gasteiger charge is 2.00. The number of aliphatic imine (C=N–C) groups is 1. The predicted octanol–water partition coefficient (Wildman–Crippen LogP) is 3.50. The zero-order valence-electron chi connectivity index (χ0n) is 15.2. The molecule has 0 radical (unpaired) electrons. The summed E-state index contributed by atoms with van der Waals surface area (Å²) >= 11 is 6.17. The summed E-state index contributed by atoms with van der Waals surface area (Å²) in [5.41, 5.74) is 1.15. The van der Waals surface area contributed by atoms with Gasteiger partial charge in [0.1, 0.15) is 0 Å². The van der Waals surface area contributed by atoms with Gasteiger partial charge in [-0.3, -0.25) is 4.99 Å². The lowest BCUT2D eigenvalue weighted by atomic mass is 10.1. The Hall–Kier alpha value is -0.570. The smallest absolute Gasteiger partial charge is 0.191 e. The highest BCUT2D eigenvalue weighted by Crippen LogP contribution is 2.14. The minimum Gasteiger partial charge on any atom is -0.382 e. The average molecular weight is 484 g/mol. The minimum absolute atomic E-state index is 0. The number of nitrogens with one attached hydrogen (secondary N) is 2. The minimum atomic E-state index is 0. The third kappa shape index (κ3) is 12.4. The first-order valence-corrected chi connectivity index (χ1v) is 8.98. The normalized spacial score (nSPS) is 11.1. The van der Waals surface area contributed by atoms with Gasteiger partial charge in [0.15, 0.2) is 5.96 Å². The van der Waals surface area contributed by atoms with Crippen LogP contribution < -0.4 is 10.6 Å². The predicted molar refractivity (Wildman–Crippen MR) is 116 cm³/mol. The molecule has 0 bridgehead atoms. The molecule has 0 unspecified atom stereocenters. The molecule has 1 aromatic rings. The van der Waals surface area contributed by atoms with Crippen LogP contribution in [0.5, 0.6) is 0 Å². The van der Waals surface area contributed by atoms with Gasteiger partial charge in [0.2, 0.25) is 0 Å². The molecule has 0 spiro atoms. The molecule has 0 aliphatic rings. The second kappa shape index (κ2) is 16.9. The Kier molecular flexibility index (Phi) is 16.5. The number of hydrogen-bond acceptors (Lipinski definition) is 3. The van der Waals surface area contributed by atoms with E-state index in [1.54, 1.807) is 7.11 Å². The number of benzene rings is 1. The third-order valence-corrected chi connectivity index (χ3v) is 3.76. The van der Waals surface area contributed by atoms with E-state index in [1.165, 1.54) is 0 Å². The molecule has 0 heterocycles. The molecule has 0 aliphatic heterocycles. The van der Waals surface area contributed by atoms with Crippen molar-refractivity contribution >= 4 is 41.5 Å². The Balaban J connectivity index is 0.00000576. The van der Waals surface area contributed by atoms with E-state index in [4.69, 9.17) is 21.1 Å². The molecule has 144 valence electrons. The SMILES string of the molecule is CCNC(=NCCCCOCCOC)NCCc1ccccc1Cl.I. The molecule has 0 saturated heterocycles. The van der Waals surface area contributed by atoms with Crippen molar-refractivity contribution < 1.29 is 9.47 Å². The molecule has 2 N–H and O–H groups in total. The van der Waals surface area contributed by atoms with Crippen LogP contribution in [0.3, 0.4) is 0 Å². The molecule has 0 aliphatic carbocycles. The fraction of sp³-hybridized carbons (Fsp3) is 0.611. The van der Waals surface area contributed by atoms with E-state index in [2.05, 4.69) is 28.6 Å². The van der Waals surface area contributed by atoms with Gasteiger partial charge in [-0.05, 0) is 37.8 Å². The summed E-state index contributed by atoms with van der Waals surface area (Å²) in [5.74, 6) is 0.852. The molecule has 25 heavy (non-hydrogen) atoms. The first kappa shape index (κ1) is 24.4. The third-order valence-electron chi connectivity index (χ3n) is 3.39. The second-order valence-electron chi connectivity index (χ2n) is 5.34. The Morgan fingerprint density at radius 1 is 1.12 bits per heavy atom. The number of rotatable bonds is 12. The fourth-order valence-electron chi connectivity index (χ4n) is 2.11. The van der Waals surface area contributed by atoms with Crippen molar-refractivity contribution in [3.8, 4) is 0 Å². The van der Waals surface area contributed by atoms with Crippen molar-refractivity contribution in [3.05, 3.63) is 34.9 Å². The summed E-state index contributed by atoms with van der Waals surface area (Å²) in [7, 11) is 1.68. The number of hydrogen-bond donors (Lipinski definition) is 2. The number of halogens is 2. The van der Waals surface area contributed by atoms with Gasteiger partial charge in [-0.25, -0.2) is 0 Å². The zero-order valence-corrected chi connectivity index (χ0v) is 18.3. The molecule has 0 amide bonds. The topological polar surface area (TPSA) is 54.9 Å². The van der Waals surface area contributed by atoms with Crippen LogP contribution in [-0.4, -0.2) is 52.5 Å². The van der Waals surface area contributed by atoms with Crippen LogP contribution in [0.4, 0.5) is 0 Å². The first-order chi connectivity index (χ1) is 11.8. The van der Waals surface area contributed by atoms with E-state index in [1.807, 2.05) is 18.2 Å². The standard InChI is InChI=1S/C18H30ClN3O2.HI/c1-3-20-18(21-11-6-7-13-24-15-14-23-2)22-12-10-16-8-4-5-9-17(16)19;/h4-5,8-9H,3,6-7,10-15H2,1-2H3,(H2,20,21,22);1H. The lowest BCUT2D eigenvalue weighted by molar-refractivity contribution is 0.0690. The maximum atomic E-state index is 6.17. The number of unbranched alkanes of at least 4 members (excludes halogenated alkanes) is 1. The number of guanidine groups is 1. The van der Waals surface area contributed by atoms with Crippen LogP contribution in [0.15, 0.2) is 29.3 Å². The number of methoxy groups -OCH3 is 1. The van der Waals surface area contributed by atoms with Gasteiger partial charge in [0.05, 0.1) is 13.2 Å². The quantitative estimate of drug-likeness (QED) is 0.207. The van der Waals surface area contributed by atoms with Gasteiger partial charge in [-0.1, -0.05) is 29.8 Å². The van der Waals surface area contributed by atoms with Gasteiger partial charge >= 0.3 is 0 Å². The summed E-state index contributed by atoms with van der Waals surface area (Å²) < 4.78 is 10.4. The van der Waals surface area contributed by atoms with Gasteiger partial charge in [0, 0.05) is 38.4 Å². The Morgan fingerprint density at radius 3 is 2.64 bits per heavy atom. The number of nitrogens with zero attached hydrogens (tertiary/aromatic N) is 1. The molecular weight excluding hydrogens is 453 g/mol. The number of ether oxygens (including phenoxy) is 2. The van der Waals surface area contributed by atoms with Crippen molar-refractivity contribution in [2.45, 2.75) is 26.2 Å². The molecule has 0 saturated carbocycles. The van der Waals surface area contributed by atoms with Gasteiger partial charge in [-0.15, -0.1) is 24.0 Å². The van der Waals surface area contributed by atoms with Crippen LogP contribution in [0.25, 0.3) is 0 Å². The van der Waals surface area contributed by atoms with E-state index in [0.717, 1.165) is 62.0 Å². The summed E-state index contributed by atoms with van der Waals surface area (Å²) in [6.07, 6.45) is 2.89. The summed E-state index contributed by atoms with van der Waals surface area (Å²) in [6.45, 7) is 6.57. The molecule has 1 aromatic carbocycles. The fourth-order valence-corrected chi connectivity index (χ4v) is 2.34. The molecule has 0 fully saturated rings. The highest BCUT2D eigenvalue weighted by molar-refractivity contribution is 14.0. The summed E-state index contributed by atoms with van der Waals surface area (Å²) in [6, 6.07) is 7.93. The van der Waals surface area contributed by atoms with Crippen LogP contribution in [0.1, 0.15) is 25.3 Å². The van der Waals surface area contributed by atoms with Crippen molar-refractivity contribution in [3.63, 3.8) is 0 Å². The highest BCUT2D eigenvalue weighted by atomic mass is 127. The Labute approximate surface area is 173 Å². The van der Waals surface area contributed by atoms with E-state index in [0.29, 0.717) is 13.2 Å². The zero-order chi connectivity index (χ0) is 17.5. The van der Waals surface area contributed by atoms with Crippen LogP contribution >= 0.6 is 35.6 Å². The van der Waals surface area contributed by atoms with Crippen molar-refractivity contribution in [2.75, 3.05) is 46.6 Å². The average Bonchev–Trinajstić information content (AvgIpc) is 2.59. The maximum Gasteiger partial charge on any atom is 0.191 e. The van der Waals surface area contributed by atoms with Gasteiger partial charge in [-0.2, -0.15) is 0 Å². The lowest BCUT2D eigenvalue weighted by Gasteiger charge is -2.12. The van der Waals surface area contributed by atoms with E-state index in [-0.39, 0.29) is 24.0 Å². The summed E-state index contributed by atoms with van der Waals surface area (Å²) in [4.78, 5) is 4.58. The Morgan fingerprint density at radius 2 is 1.92 bits per heavy atom.